The lowest BCUT2D eigenvalue weighted by molar-refractivity contribution is 0.0683. The average molecular weight is 274 g/mol. The fourth-order valence-corrected chi connectivity index (χ4v) is 2.48. The number of aromatic nitrogens is 2. The first-order valence-electron chi connectivity index (χ1n) is 6.96. The molecule has 0 amide bonds. The molecule has 1 aromatic heterocycles. The number of benzene rings is 1. The highest BCUT2D eigenvalue weighted by Crippen LogP contribution is 2.37. The van der Waals surface area contributed by atoms with Crippen molar-refractivity contribution in [3.05, 3.63) is 41.5 Å². The van der Waals surface area contributed by atoms with Crippen molar-refractivity contribution in [1.29, 1.82) is 0 Å². The predicted molar refractivity (Wildman–Crippen MR) is 72.7 cm³/mol. The molecule has 20 heavy (non-hydrogen) atoms. The lowest BCUT2D eigenvalue weighted by Gasteiger charge is -2.22. The van der Waals surface area contributed by atoms with Crippen molar-refractivity contribution in [2.75, 3.05) is 13.2 Å². The van der Waals surface area contributed by atoms with E-state index in [1.807, 2.05) is 32.0 Å². The van der Waals surface area contributed by atoms with Crippen molar-refractivity contribution in [2.45, 2.75) is 32.3 Å². The molecule has 0 bridgehead atoms. The Morgan fingerprint density at radius 2 is 2.25 bits per heavy atom. The molecule has 1 aromatic carbocycles. The van der Waals surface area contributed by atoms with Gasteiger partial charge in [0, 0.05) is 12.2 Å². The monoisotopic (exact) mass is 274 g/mol. The summed E-state index contributed by atoms with van der Waals surface area (Å²) in [5.74, 6) is 2.25. The lowest BCUT2D eigenvalue weighted by atomic mass is 9.93. The van der Waals surface area contributed by atoms with Crippen LogP contribution in [0.1, 0.15) is 49.6 Å². The molecule has 0 fully saturated rings. The molecule has 106 valence electrons. The zero-order chi connectivity index (χ0) is 13.9. The van der Waals surface area contributed by atoms with Crippen molar-refractivity contribution < 1.29 is 14.0 Å². The molecular weight excluding hydrogens is 256 g/mol. The minimum absolute atomic E-state index is 0.107. The molecule has 1 aliphatic heterocycles. The summed E-state index contributed by atoms with van der Waals surface area (Å²) in [5.41, 5.74) is 1.11. The first-order chi connectivity index (χ1) is 9.79. The van der Waals surface area contributed by atoms with E-state index in [9.17, 15) is 0 Å². The first-order valence-corrected chi connectivity index (χ1v) is 6.96. The third-order valence-electron chi connectivity index (χ3n) is 3.49. The second-order valence-electron chi connectivity index (χ2n) is 4.82. The molecule has 0 N–H and O–H groups in total. The van der Waals surface area contributed by atoms with E-state index in [0.717, 1.165) is 17.7 Å². The van der Waals surface area contributed by atoms with E-state index in [-0.39, 0.29) is 12.0 Å². The number of ether oxygens (including phenoxy) is 2. The summed E-state index contributed by atoms with van der Waals surface area (Å²) >= 11 is 0. The van der Waals surface area contributed by atoms with Gasteiger partial charge in [-0.25, -0.2) is 0 Å². The van der Waals surface area contributed by atoms with E-state index in [1.54, 1.807) is 0 Å². The van der Waals surface area contributed by atoms with Crippen LogP contribution in [0, 0.1) is 0 Å². The van der Waals surface area contributed by atoms with E-state index >= 15 is 0 Å². The topological polar surface area (TPSA) is 57.4 Å². The van der Waals surface area contributed by atoms with Crippen LogP contribution in [0.3, 0.4) is 0 Å². The maximum absolute atomic E-state index is 5.65. The van der Waals surface area contributed by atoms with E-state index in [4.69, 9.17) is 14.0 Å². The highest BCUT2D eigenvalue weighted by atomic mass is 16.5. The molecule has 2 heterocycles. The summed E-state index contributed by atoms with van der Waals surface area (Å²) in [7, 11) is 0. The van der Waals surface area contributed by atoms with Crippen LogP contribution >= 0.6 is 0 Å². The van der Waals surface area contributed by atoms with Gasteiger partial charge in [-0.05, 0) is 26.3 Å². The number of hydrogen-bond acceptors (Lipinski definition) is 5. The molecule has 2 atom stereocenters. The van der Waals surface area contributed by atoms with Crippen LogP contribution in [0.15, 0.2) is 28.8 Å². The lowest BCUT2D eigenvalue weighted by Crippen LogP contribution is -2.15. The molecule has 1 aliphatic rings. The van der Waals surface area contributed by atoms with Crippen molar-refractivity contribution in [1.82, 2.24) is 10.1 Å². The van der Waals surface area contributed by atoms with Gasteiger partial charge in [0.15, 0.2) is 5.82 Å². The zero-order valence-electron chi connectivity index (χ0n) is 11.7. The largest absolute Gasteiger partial charge is 0.493 e. The summed E-state index contributed by atoms with van der Waals surface area (Å²) in [6.07, 6.45) is 0.703. The van der Waals surface area contributed by atoms with E-state index in [1.165, 1.54) is 0 Å². The highest BCUT2D eigenvalue weighted by molar-refractivity contribution is 5.40. The van der Waals surface area contributed by atoms with Crippen LogP contribution in [-0.2, 0) is 4.74 Å². The van der Waals surface area contributed by atoms with Crippen LogP contribution in [0.4, 0.5) is 0 Å². The van der Waals surface area contributed by atoms with Crippen molar-refractivity contribution in [3.63, 3.8) is 0 Å². The molecule has 0 radical (unpaired) electrons. The second-order valence-corrected chi connectivity index (χ2v) is 4.82. The molecule has 5 nitrogen and oxygen atoms in total. The summed E-state index contributed by atoms with van der Waals surface area (Å²) < 4.78 is 16.6. The van der Waals surface area contributed by atoms with Crippen molar-refractivity contribution >= 4 is 0 Å². The standard InChI is InChI=1S/C15H18N2O3/c1-3-18-10(2)14-16-15(20-17-14)12-8-9-19-13-7-5-4-6-11(12)13/h4-7,10,12H,3,8-9H2,1-2H3. The van der Waals surface area contributed by atoms with Gasteiger partial charge in [0.25, 0.3) is 0 Å². The van der Waals surface area contributed by atoms with Crippen LogP contribution in [0.25, 0.3) is 0 Å². The first kappa shape index (κ1) is 13.1. The maximum atomic E-state index is 5.65. The van der Waals surface area contributed by atoms with Crippen LogP contribution < -0.4 is 4.74 Å². The van der Waals surface area contributed by atoms with Crippen molar-refractivity contribution in [2.24, 2.45) is 0 Å². The van der Waals surface area contributed by atoms with Crippen molar-refractivity contribution in [3.8, 4) is 5.75 Å². The van der Waals surface area contributed by atoms with Gasteiger partial charge in [-0.15, -0.1) is 0 Å². The van der Waals surface area contributed by atoms with Gasteiger partial charge < -0.3 is 14.0 Å². The van der Waals surface area contributed by atoms with Crippen LogP contribution in [0.5, 0.6) is 5.75 Å². The molecule has 0 spiro atoms. The van der Waals surface area contributed by atoms with Gasteiger partial charge in [-0.3, -0.25) is 0 Å². The Balaban J connectivity index is 1.87. The Morgan fingerprint density at radius 1 is 1.40 bits per heavy atom. The Kier molecular flexibility index (Phi) is 3.69. The summed E-state index contributed by atoms with van der Waals surface area (Å²) in [4.78, 5) is 4.49. The van der Waals surface area contributed by atoms with E-state index in [2.05, 4.69) is 16.2 Å². The number of rotatable bonds is 4. The number of nitrogens with zero attached hydrogens (tertiary/aromatic N) is 2. The predicted octanol–water partition coefficient (Wildman–Crippen LogP) is 3.08. The number of hydrogen-bond donors (Lipinski definition) is 0. The highest BCUT2D eigenvalue weighted by Gasteiger charge is 2.28. The van der Waals surface area contributed by atoms with Gasteiger partial charge in [0.2, 0.25) is 5.89 Å². The van der Waals surface area contributed by atoms with Gasteiger partial charge in [-0.2, -0.15) is 4.98 Å². The third-order valence-corrected chi connectivity index (χ3v) is 3.49. The fourth-order valence-electron chi connectivity index (χ4n) is 2.48. The fraction of sp³-hybridized carbons (Fsp3) is 0.467. The van der Waals surface area contributed by atoms with E-state index < -0.39 is 0 Å². The zero-order valence-corrected chi connectivity index (χ0v) is 11.7. The molecule has 2 unspecified atom stereocenters. The minimum atomic E-state index is -0.146. The van der Waals surface area contributed by atoms with Gasteiger partial charge >= 0.3 is 0 Å². The number of fused-ring (bicyclic) bond motifs is 1. The Bertz CT molecular complexity index is 582. The molecule has 3 rings (SSSR count). The Morgan fingerprint density at radius 3 is 3.10 bits per heavy atom. The molecule has 0 aliphatic carbocycles. The second kappa shape index (κ2) is 5.63. The summed E-state index contributed by atoms with van der Waals surface area (Å²) in [6, 6.07) is 7.99. The molecular formula is C15H18N2O3. The average Bonchev–Trinajstić information content (AvgIpc) is 2.97. The summed E-state index contributed by atoms with van der Waals surface area (Å²) in [5, 5.41) is 4.03. The van der Waals surface area contributed by atoms with Crippen LogP contribution in [-0.4, -0.2) is 23.4 Å². The maximum Gasteiger partial charge on any atom is 0.234 e. The quantitative estimate of drug-likeness (QED) is 0.857. The number of para-hydroxylation sites is 1. The molecule has 0 saturated heterocycles. The van der Waals surface area contributed by atoms with Gasteiger partial charge in [0.1, 0.15) is 11.9 Å². The van der Waals surface area contributed by atoms with Crippen LogP contribution in [0.2, 0.25) is 0 Å². The minimum Gasteiger partial charge on any atom is -0.493 e. The molecule has 5 heteroatoms. The normalized spacial score (nSPS) is 19.2. The molecule has 2 aromatic rings. The Labute approximate surface area is 117 Å². The van der Waals surface area contributed by atoms with Gasteiger partial charge in [0.05, 0.1) is 12.5 Å². The molecule has 0 saturated carbocycles. The summed E-state index contributed by atoms with van der Waals surface area (Å²) in [6.45, 7) is 5.17. The smallest absolute Gasteiger partial charge is 0.234 e. The third kappa shape index (κ3) is 2.41. The van der Waals surface area contributed by atoms with E-state index in [0.29, 0.717) is 24.9 Å². The SMILES string of the molecule is CCOC(C)c1noc(C2CCOc3ccccc32)n1. The van der Waals surface area contributed by atoms with Gasteiger partial charge in [-0.1, -0.05) is 23.4 Å². The Hall–Kier alpha value is -1.88.